The maximum absolute atomic E-state index is 6.31. The molecule has 0 aliphatic heterocycles. The van der Waals surface area contributed by atoms with E-state index in [1.54, 1.807) is 20.3 Å². The summed E-state index contributed by atoms with van der Waals surface area (Å²) >= 11 is 6.31. The van der Waals surface area contributed by atoms with Crippen LogP contribution in [-0.4, -0.2) is 36.2 Å². The number of pyridine rings is 1. The van der Waals surface area contributed by atoms with E-state index in [1.807, 2.05) is 28.9 Å². The summed E-state index contributed by atoms with van der Waals surface area (Å²) < 4.78 is 12.8. The van der Waals surface area contributed by atoms with E-state index in [0.717, 1.165) is 48.4 Å². The minimum Gasteiger partial charge on any atom is -0.496 e. The van der Waals surface area contributed by atoms with E-state index in [9.17, 15) is 0 Å². The molecule has 0 bridgehead atoms. The number of rotatable bonds is 9. The van der Waals surface area contributed by atoms with Crippen molar-refractivity contribution in [2.24, 2.45) is 5.73 Å². The van der Waals surface area contributed by atoms with Gasteiger partial charge in [-0.3, -0.25) is 0 Å². The van der Waals surface area contributed by atoms with Crippen LogP contribution in [0.2, 0.25) is 5.02 Å². The van der Waals surface area contributed by atoms with Gasteiger partial charge >= 0.3 is 0 Å². The number of nitrogens with zero attached hydrogens (tertiary/aromatic N) is 2. The standard InChI is InChI=1S/C21H27ClN4O2/c1-14(6-4-5-8-23)24-15-7-9-26-13-18(25-21(26)10-15)16-11-17(22)20(28-3)12-19(16)27-2/h7,9-14,24H,4-6,8,23H2,1-3H3. The second kappa shape index (κ2) is 9.17. The topological polar surface area (TPSA) is 73.8 Å². The van der Waals surface area contributed by atoms with Crippen LogP contribution in [0.25, 0.3) is 16.9 Å². The van der Waals surface area contributed by atoms with Gasteiger partial charge in [0.25, 0.3) is 0 Å². The second-order valence-corrected chi connectivity index (χ2v) is 7.23. The van der Waals surface area contributed by atoms with Crippen molar-refractivity contribution in [3.8, 4) is 22.8 Å². The molecular formula is C21H27ClN4O2. The molecule has 28 heavy (non-hydrogen) atoms. The predicted octanol–water partition coefficient (Wildman–Crippen LogP) is 4.60. The van der Waals surface area contributed by atoms with Crippen LogP contribution in [0.4, 0.5) is 5.69 Å². The van der Waals surface area contributed by atoms with Gasteiger partial charge in [-0.25, -0.2) is 4.98 Å². The molecule has 0 saturated heterocycles. The third-order valence-electron chi connectivity index (χ3n) is 4.71. The quantitative estimate of drug-likeness (QED) is 0.511. The Bertz CT molecular complexity index is 942. The molecule has 1 aromatic carbocycles. The van der Waals surface area contributed by atoms with Crippen LogP contribution in [0.15, 0.2) is 36.7 Å². The number of imidazole rings is 1. The fourth-order valence-electron chi connectivity index (χ4n) is 3.21. The molecule has 2 aromatic heterocycles. The van der Waals surface area contributed by atoms with E-state index >= 15 is 0 Å². The molecule has 150 valence electrons. The lowest BCUT2D eigenvalue weighted by atomic mass is 10.1. The van der Waals surface area contributed by atoms with E-state index in [4.69, 9.17) is 31.8 Å². The average Bonchev–Trinajstić information content (AvgIpc) is 3.11. The highest BCUT2D eigenvalue weighted by Gasteiger charge is 2.15. The first-order chi connectivity index (χ1) is 13.5. The van der Waals surface area contributed by atoms with Crippen molar-refractivity contribution in [1.29, 1.82) is 0 Å². The highest BCUT2D eigenvalue weighted by Crippen LogP contribution is 2.38. The van der Waals surface area contributed by atoms with Crippen molar-refractivity contribution in [2.75, 3.05) is 26.1 Å². The van der Waals surface area contributed by atoms with Crippen molar-refractivity contribution in [1.82, 2.24) is 9.38 Å². The normalized spacial score (nSPS) is 12.2. The summed E-state index contributed by atoms with van der Waals surface area (Å²) in [4.78, 5) is 4.76. The molecule has 0 saturated carbocycles. The maximum Gasteiger partial charge on any atom is 0.141 e. The van der Waals surface area contributed by atoms with Gasteiger partial charge in [0.2, 0.25) is 0 Å². The number of anilines is 1. The molecule has 1 atom stereocenters. The van der Waals surface area contributed by atoms with Crippen LogP contribution in [0.5, 0.6) is 11.5 Å². The number of aromatic nitrogens is 2. The first-order valence-electron chi connectivity index (χ1n) is 9.43. The largest absolute Gasteiger partial charge is 0.496 e. The third-order valence-corrected chi connectivity index (χ3v) is 5.01. The van der Waals surface area contributed by atoms with E-state index in [2.05, 4.69) is 18.3 Å². The van der Waals surface area contributed by atoms with Crippen LogP contribution >= 0.6 is 11.6 Å². The third kappa shape index (κ3) is 4.51. The van der Waals surface area contributed by atoms with Crippen LogP contribution in [0.3, 0.4) is 0 Å². The maximum atomic E-state index is 6.31. The van der Waals surface area contributed by atoms with E-state index < -0.39 is 0 Å². The van der Waals surface area contributed by atoms with Gasteiger partial charge in [0, 0.05) is 41.8 Å². The lowest BCUT2D eigenvalue weighted by Crippen LogP contribution is -2.15. The Morgan fingerprint density at radius 3 is 2.68 bits per heavy atom. The molecule has 3 aromatic rings. The van der Waals surface area contributed by atoms with Gasteiger partial charge in [0.15, 0.2) is 0 Å². The molecule has 2 heterocycles. The number of nitrogens with two attached hydrogens (primary N) is 1. The molecule has 0 aliphatic rings. The highest BCUT2D eigenvalue weighted by atomic mass is 35.5. The molecule has 0 spiro atoms. The molecule has 0 aliphatic carbocycles. The smallest absolute Gasteiger partial charge is 0.141 e. The Kier molecular flexibility index (Phi) is 6.65. The number of fused-ring (bicyclic) bond motifs is 1. The zero-order valence-corrected chi connectivity index (χ0v) is 17.3. The highest BCUT2D eigenvalue weighted by molar-refractivity contribution is 6.32. The zero-order valence-electron chi connectivity index (χ0n) is 16.5. The first-order valence-corrected chi connectivity index (χ1v) is 9.80. The van der Waals surface area contributed by atoms with Crippen molar-refractivity contribution in [2.45, 2.75) is 32.2 Å². The van der Waals surface area contributed by atoms with Gasteiger partial charge in [0.1, 0.15) is 17.1 Å². The molecule has 7 heteroatoms. The van der Waals surface area contributed by atoms with Crippen LogP contribution in [0.1, 0.15) is 26.2 Å². The molecule has 0 fully saturated rings. The van der Waals surface area contributed by atoms with Gasteiger partial charge in [-0.05, 0) is 38.4 Å². The minimum atomic E-state index is 0.379. The van der Waals surface area contributed by atoms with Crippen molar-refractivity contribution < 1.29 is 9.47 Å². The Morgan fingerprint density at radius 2 is 1.96 bits per heavy atom. The Morgan fingerprint density at radius 1 is 1.18 bits per heavy atom. The second-order valence-electron chi connectivity index (χ2n) is 6.82. The van der Waals surface area contributed by atoms with Crippen LogP contribution in [-0.2, 0) is 0 Å². The van der Waals surface area contributed by atoms with Crippen molar-refractivity contribution in [3.05, 3.63) is 41.7 Å². The van der Waals surface area contributed by atoms with Gasteiger partial charge in [-0.15, -0.1) is 0 Å². The number of methoxy groups -OCH3 is 2. The lowest BCUT2D eigenvalue weighted by molar-refractivity contribution is 0.395. The van der Waals surface area contributed by atoms with E-state index in [0.29, 0.717) is 22.6 Å². The van der Waals surface area contributed by atoms with Gasteiger partial charge in [-0.1, -0.05) is 18.0 Å². The summed E-state index contributed by atoms with van der Waals surface area (Å²) in [6, 6.07) is 8.07. The summed E-state index contributed by atoms with van der Waals surface area (Å²) in [7, 11) is 3.20. The molecule has 0 amide bonds. The molecular weight excluding hydrogens is 376 g/mol. The summed E-state index contributed by atoms with van der Waals surface area (Å²) in [5.41, 5.74) is 9.07. The van der Waals surface area contributed by atoms with Gasteiger partial charge in [0.05, 0.1) is 24.9 Å². The molecule has 3 N–H and O–H groups in total. The Balaban J connectivity index is 1.86. The zero-order chi connectivity index (χ0) is 20.1. The van der Waals surface area contributed by atoms with E-state index in [1.165, 1.54) is 0 Å². The molecule has 6 nitrogen and oxygen atoms in total. The number of ether oxygens (including phenoxy) is 2. The van der Waals surface area contributed by atoms with Crippen molar-refractivity contribution in [3.63, 3.8) is 0 Å². The summed E-state index contributed by atoms with van der Waals surface area (Å²) in [5.74, 6) is 1.23. The Labute approximate surface area is 170 Å². The number of halogens is 1. The SMILES string of the molecule is COc1cc(OC)c(-c2cn3ccc(NC(C)CCCCN)cc3n2)cc1Cl. The summed E-state index contributed by atoms with van der Waals surface area (Å²) in [5, 5.41) is 4.05. The number of nitrogens with one attached hydrogen (secondary N) is 1. The monoisotopic (exact) mass is 402 g/mol. The predicted molar refractivity (Wildman–Crippen MR) is 115 cm³/mol. The number of unbranched alkanes of at least 4 members (excludes halogenated alkanes) is 1. The molecule has 1 unspecified atom stereocenters. The lowest BCUT2D eigenvalue weighted by Gasteiger charge is -2.15. The van der Waals surface area contributed by atoms with Gasteiger partial charge in [-0.2, -0.15) is 0 Å². The average molecular weight is 403 g/mol. The number of benzene rings is 1. The van der Waals surface area contributed by atoms with Crippen LogP contribution in [0, 0.1) is 0 Å². The van der Waals surface area contributed by atoms with Gasteiger partial charge < -0.3 is 24.9 Å². The first kappa shape index (κ1) is 20.3. The fourth-order valence-corrected chi connectivity index (χ4v) is 3.45. The number of hydrogen-bond acceptors (Lipinski definition) is 5. The molecule has 3 rings (SSSR count). The van der Waals surface area contributed by atoms with E-state index in [-0.39, 0.29) is 0 Å². The number of hydrogen-bond donors (Lipinski definition) is 2. The fraction of sp³-hybridized carbons (Fsp3) is 0.381. The summed E-state index contributed by atoms with van der Waals surface area (Å²) in [6.07, 6.45) is 7.23. The minimum absolute atomic E-state index is 0.379. The Hall–Kier alpha value is -2.44. The van der Waals surface area contributed by atoms with Crippen molar-refractivity contribution >= 4 is 22.9 Å². The molecule has 0 radical (unpaired) electrons. The summed E-state index contributed by atoms with van der Waals surface area (Å²) in [6.45, 7) is 2.93. The van der Waals surface area contributed by atoms with Crippen LogP contribution < -0.4 is 20.5 Å².